The number of thioether (sulfide) groups is 1. The zero-order valence-electron chi connectivity index (χ0n) is 10.8. The zero-order chi connectivity index (χ0) is 14.4. The number of nitrogens with one attached hydrogen (secondary N) is 1. The van der Waals surface area contributed by atoms with Crippen molar-refractivity contribution in [3.8, 4) is 0 Å². The van der Waals surface area contributed by atoms with Crippen LogP contribution in [-0.4, -0.2) is 58.6 Å². The van der Waals surface area contributed by atoms with Crippen molar-refractivity contribution in [2.24, 2.45) is 5.73 Å². The van der Waals surface area contributed by atoms with Crippen molar-refractivity contribution >= 4 is 29.7 Å². The molecule has 108 valence electrons. The number of urea groups is 1. The molecular weight excluding hydrogens is 270 g/mol. The highest BCUT2D eigenvalue weighted by atomic mass is 32.2. The third kappa shape index (κ3) is 4.98. The van der Waals surface area contributed by atoms with Gasteiger partial charge < -0.3 is 21.1 Å². The lowest BCUT2D eigenvalue weighted by Crippen LogP contribution is -2.50. The number of nitrogens with two attached hydrogens (primary N) is 1. The van der Waals surface area contributed by atoms with Crippen molar-refractivity contribution in [2.75, 3.05) is 19.3 Å². The van der Waals surface area contributed by atoms with E-state index in [2.05, 4.69) is 5.32 Å². The summed E-state index contributed by atoms with van der Waals surface area (Å²) in [5.74, 6) is -1.91. The molecule has 19 heavy (non-hydrogen) atoms. The van der Waals surface area contributed by atoms with Crippen LogP contribution in [0.25, 0.3) is 0 Å². The number of amides is 3. The molecule has 7 nitrogen and oxygen atoms in total. The van der Waals surface area contributed by atoms with Crippen molar-refractivity contribution < 1.29 is 19.5 Å². The minimum Gasteiger partial charge on any atom is -0.480 e. The molecule has 0 heterocycles. The first kappa shape index (κ1) is 15.6. The number of aliphatic carboxylic acids is 1. The van der Waals surface area contributed by atoms with Gasteiger partial charge in [0.1, 0.15) is 13.1 Å². The molecule has 1 fully saturated rings. The number of carbonyl (C=O) groups excluding carboxylic acids is 2. The summed E-state index contributed by atoms with van der Waals surface area (Å²) < 4.78 is 0. The average molecular weight is 289 g/mol. The number of carboxylic acid groups (broad SMARTS) is 1. The SMILES string of the molecule is CSC1CCCC1NC(=O)N(CC(N)=O)CC(=O)O. The molecule has 0 aliphatic heterocycles. The van der Waals surface area contributed by atoms with Gasteiger partial charge in [-0.05, 0) is 19.1 Å². The fraction of sp³-hybridized carbons (Fsp3) is 0.727. The lowest BCUT2D eigenvalue weighted by molar-refractivity contribution is -0.137. The Morgan fingerprint density at radius 2 is 2.05 bits per heavy atom. The van der Waals surface area contributed by atoms with Gasteiger partial charge in [0.25, 0.3) is 0 Å². The first-order valence-corrected chi connectivity index (χ1v) is 7.31. The van der Waals surface area contributed by atoms with Gasteiger partial charge in [-0.2, -0.15) is 11.8 Å². The maximum absolute atomic E-state index is 12.0. The van der Waals surface area contributed by atoms with Gasteiger partial charge in [-0.25, -0.2) is 4.79 Å². The molecule has 0 radical (unpaired) electrons. The van der Waals surface area contributed by atoms with E-state index in [1.165, 1.54) is 0 Å². The van der Waals surface area contributed by atoms with Gasteiger partial charge in [-0.15, -0.1) is 0 Å². The number of hydrogen-bond donors (Lipinski definition) is 3. The van der Waals surface area contributed by atoms with Crippen molar-refractivity contribution in [2.45, 2.75) is 30.6 Å². The van der Waals surface area contributed by atoms with Gasteiger partial charge in [-0.1, -0.05) is 6.42 Å². The maximum atomic E-state index is 12.0. The summed E-state index contributed by atoms with van der Waals surface area (Å²) >= 11 is 1.68. The molecule has 0 spiro atoms. The molecule has 0 aromatic heterocycles. The number of primary amides is 1. The van der Waals surface area contributed by atoms with Crippen molar-refractivity contribution in [3.05, 3.63) is 0 Å². The summed E-state index contributed by atoms with van der Waals surface area (Å²) in [6.45, 7) is -0.930. The third-order valence-corrected chi connectivity index (χ3v) is 4.19. The van der Waals surface area contributed by atoms with Gasteiger partial charge in [0.05, 0.1) is 0 Å². The standard InChI is InChI=1S/C11H19N3O4S/c1-19-8-4-2-3-7(8)13-11(18)14(5-9(12)15)6-10(16)17/h7-8H,2-6H2,1H3,(H2,12,15)(H,13,18)(H,16,17). The molecule has 0 bridgehead atoms. The van der Waals surface area contributed by atoms with Crippen LogP contribution >= 0.6 is 11.8 Å². The molecule has 1 aliphatic carbocycles. The highest BCUT2D eigenvalue weighted by molar-refractivity contribution is 7.99. The first-order valence-electron chi connectivity index (χ1n) is 6.02. The quantitative estimate of drug-likeness (QED) is 0.629. The van der Waals surface area contributed by atoms with Crippen LogP contribution in [0.2, 0.25) is 0 Å². The van der Waals surface area contributed by atoms with E-state index >= 15 is 0 Å². The summed E-state index contributed by atoms with van der Waals surface area (Å²) in [6, 6.07) is -0.529. The molecule has 8 heteroatoms. The van der Waals surface area contributed by atoms with Crippen molar-refractivity contribution in [3.63, 3.8) is 0 Å². The molecule has 2 unspecified atom stereocenters. The fourth-order valence-corrected chi connectivity index (χ4v) is 3.11. The van der Waals surface area contributed by atoms with E-state index in [4.69, 9.17) is 10.8 Å². The lowest BCUT2D eigenvalue weighted by atomic mass is 10.2. The van der Waals surface area contributed by atoms with E-state index in [-0.39, 0.29) is 6.04 Å². The maximum Gasteiger partial charge on any atom is 0.323 e. The largest absolute Gasteiger partial charge is 0.480 e. The van der Waals surface area contributed by atoms with Gasteiger partial charge in [0, 0.05) is 11.3 Å². The number of rotatable bonds is 6. The zero-order valence-corrected chi connectivity index (χ0v) is 11.6. The Kier molecular flexibility index (Phi) is 5.94. The van der Waals surface area contributed by atoms with E-state index in [1.807, 2.05) is 6.26 Å². The Morgan fingerprint density at radius 3 is 2.58 bits per heavy atom. The van der Waals surface area contributed by atoms with Crippen LogP contribution in [0.3, 0.4) is 0 Å². The highest BCUT2D eigenvalue weighted by Crippen LogP contribution is 2.28. The van der Waals surface area contributed by atoms with Gasteiger partial charge in [0.2, 0.25) is 5.91 Å². The van der Waals surface area contributed by atoms with E-state index in [1.54, 1.807) is 11.8 Å². The predicted octanol–water partition coefficient (Wildman–Crippen LogP) is -0.148. The molecule has 1 saturated carbocycles. The average Bonchev–Trinajstić information content (AvgIpc) is 2.74. The molecule has 0 saturated heterocycles. The Morgan fingerprint density at radius 1 is 1.37 bits per heavy atom. The minimum atomic E-state index is -1.18. The third-order valence-electron chi connectivity index (χ3n) is 3.02. The second-order valence-electron chi connectivity index (χ2n) is 4.48. The number of nitrogens with zero attached hydrogens (tertiary/aromatic N) is 1. The molecular formula is C11H19N3O4S. The number of carboxylic acids is 1. The van der Waals surface area contributed by atoms with Crippen LogP contribution in [0.15, 0.2) is 0 Å². The Balaban J connectivity index is 2.60. The summed E-state index contributed by atoms with van der Waals surface area (Å²) in [5.41, 5.74) is 5.01. The van der Waals surface area contributed by atoms with Gasteiger partial charge in [0.15, 0.2) is 0 Å². The molecule has 1 aliphatic rings. The summed E-state index contributed by atoms with van der Waals surface area (Å²) in [4.78, 5) is 34.4. The smallest absolute Gasteiger partial charge is 0.323 e. The fourth-order valence-electron chi connectivity index (χ4n) is 2.17. The normalized spacial score (nSPS) is 21.9. The Labute approximate surface area is 115 Å². The second kappa shape index (κ2) is 7.22. The Hall–Kier alpha value is -1.44. The van der Waals surface area contributed by atoms with E-state index in [9.17, 15) is 14.4 Å². The van der Waals surface area contributed by atoms with E-state index in [0.717, 1.165) is 24.2 Å². The van der Waals surface area contributed by atoms with Crippen molar-refractivity contribution in [1.82, 2.24) is 10.2 Å². The lowest BCUT2D eigenvalue weighted by Gasteiger charge is -2.25. The Bertz CT molecular complexity index is 348. The van der Waals surface area contributed by atoms with Crippen LogP contribution in [0.5, 0.6) is 0 Å². The van der Waals surface area contributed by atoms with Gasteiger partial charge in [-0.3, -0.25) is 9.59 Å². The second-order valence-corrected chi connectivity index (χ2v) is 5.55. The van der Waals surface area contributed by atoms with E-state index in [0.29, 0.717) is 5.25 Å². The first-order chi connectivity index (χ1) is 8.93. The van der Waals surface area contributed by atoms with Crippen LogP contribution in [0, 0.1) is 0 Å². The van der Waals surface area contributed by atoms with Crippen LogP contribution in [-0.2, 0) is 9.59 Å². The van der Waals surface area contributed by atoms with Crippen molar-refractivity contribution in [1.29, 1.82) is 0 Å². The topological polar surface area (TPSA) is 113 Å². The van der Waals surface area contributed by atoms with Crippen LogP contribution < -0.4 is 11.1 Å². The molecule has 3 amide bonds. The molecule has 2 atom stereocenters. The van der Waals surface area contributed by atoms with Gasteiger partial charge >= 0.3 is 12.0 Å². The number of carbonyl (C=O) groups is 3. The molecule has 0 aromatic carbocycles. The highest BCUT2D eigenvalue weighted by Gasteiger charge is 2.30. The monoisotopic (exact) mass is 289 g/mol. The molecule has 0 aromatic rings. The van der Waals surface area contributed by atoms with Crippen LogP contribution in [0.1, 0.15) is 19.3 Å². The summed E-state index contributed by atoms with van der Waals surface area (Å²) in [6.07, 6.45) is 4.91. The summed E-state index contributed by atoms with van der Waals surface area (Å²) in [5, 5.41) is 11.8. The molecule has 1 rings (SSSR count). The number of hydrogen-bond acceptors (Lipinski definition) is 4. The summed E-state index contributed by atoms with van der Waals surface area (Å²) in [7, 11) is 0. The minimum absolute atomic E-state index is 0.0201. The van der Waals surface area contributed by atoms with Crippen LogP contribution in [0.4, 0.5) is 4.79 Å². The predicted molar refractivity (Wildman–Crippen MR) is 71.9 cm³/mol. The molecule has 4 N–H and O–H groups in total. The van der Waals surface area contributed by atoms with E-state index < -0.39 is 31.0 Å².